The molecule has 9 heteroatoms. The first-order valence-corrected chi connectivity index (χ1v) is 12.9. The van der Waals surface area contributed by atoms with Crippen LogP contribution in [-0.2, 0) is 4.79 Å². The molecule has 2 atom stereocenters. The molecule has 0 radical (unpaired) electrons. The minimum atomic E-state index is -0.772. The maximum Gasteiger partial charge on any atom is 0.255 e. The number of aromatic nitrogens is 2. The quantitative estimate of drug-likeness (QED) is 0.314. The van der Waals surface area contributed by atoms with Crippen LogP contribution >= 0.6 is 0 Å². The van der Waals surface area contributed by atoms with Crippen molar-refractivity contribution in [2.75, 3.05) is 28.6 Å². The molecule has 9 nitrogen and oxygen atoms in total. The van der Waals surface area contributed by atoms with Gasteiger partial charge in [-0.3, -0.25) is 9.59 Å². The molecule has 1 saturated heterocycles. The van der Waals surface area contributed by atoms with E-state index < -0.39 is 12.2 Å². The molecular weight excluding hydrogens is 482 g/mol. The van der Waals surface area contributed by atoms with Crippen molar-refractivity contribution in [3.63, 3.8) is 0 Å². The van der Waals surface area contributed by atoms with E-state index in [1.807, 2.05) is 64.2 Å². The normalized spacial score (nSPS) is 19.4. The van der Waals surface area contributed by atoms with E-state index in [1.165, 1.54) is 0 Å². The molecular formula is C29H29N5O4. The summed E-state index contributed by atoms with van der Waals surface area (Å²) in [6.45, 7) is 1.02. The number of aliphatic hydroxyl groups is 2. The summed E-state index contributed by atoms with van der Waals surface area (Å²) in [7, 11) is 0. The maximum atomic E-state index is 12.8. The van der Waals surface area contributed by atoms with Gasteiger partial charge in [-0.1, -0.05) is 0 Å². The zero-order valence-electron chi connectivity index (χ0n) is 20.7. The first-order chi connectivity index (χ1) is 18.4. The topological polar surface area (TPSA) is 120 Å². The van der Waals surface area contributed by atoms with Gasteiger partial charge in [-0.2, -0.15) is 5.10 Å². The minimum absolute atomic E-state index is 0.0768. The van der Waals surface area contributed by atoms with Crippen LogP contribution in [0.5, 0.6) is 0 Å². The Morgan fingerprint density at radius 1 is 0.816 bits per heavy atom. The SMILES string of the molecule is O=C(Nc1ccc(-n2ncc3cc(NC(=O)C4CC4)ccc32)cc1)c1ccc(N2CC[C@@H](O)[C@@H](O)C2)cc1. The molecule has 0 bridgehead atoms. The van der Waals surface area contributed by atoms with E-state index in [0.29, 0.717) is 30.8 Å². The van der Waals surface area contributed by atoms with Crippen LogP contribution in [0.25, 0.3) is 16.6 Å². The van der Waals surface area contributed by atoms with Gasteiger partial charge in [-0.15, -0.1) is 0 Å². The number of benzene rings is 3. The third-order valence-electron chi connectivity index (χ3n) is 7.19. The molecule has 1 aliphatic carbocycles. The van der Waals surface area contributed by atoms with Crippen molar-refractivity contribution in [1.29, 1.82) is 0 Å². The van der Waals surface area contributed by atoms with E-state index in [-0.39, 0.29) is 17.7 Å². The molecule has 2 amide bonds. The lowest BCUT2D eigenvalue weighted by Crippen LogP contribution is -2.46. The highest BCUT2D eigenvalue weighted by Crippen LogP contribution is 2.31. The summed E-state index contributed by atoms with van der Waals surface area (Å²) in [5, 5.41) is 31.0. The van der Waals surface area contributed by atoms with E-state index in [9.17, 15) is 19.8 Å². The number of anilines is 3. The molecule has 6 rings (SSSR count). The first-order valence-electron chi connectivity index (χ1n) is 12.9. The average molecular weight is 512 g/mol. The summed E-state index contributed by atoms with van der Waals surface area (Å²) >= 11 is 0. The van der Waals surface area contributed by atoms with E-state index >= 15 is 0 Å². The number of nitrogens with one attached hydrogen (secondary N) is 2. The van der Waals surface area contributed by atoms with Crippen molar-refractivity contribution in [1.82, 2.24) is 9.78 Å². The summed E-state index contributed by atoms with van der Waals surface area (Å²) in [5.41, 5.74) is 4.64. The predicted molar refractivity (Wildman–Crippen MR) is 146 cm³/mol. The minimum Gasteiger partial charge on any atom is -0.390 e. The van der Waals surface area contributed by atoms with Crippen LogP contribution in [-0.4, -0.2) is 57.1 Å². The predicted octanol–water partition coefficient (Wildman–Crippen LogP) is 3.56. The molecule has 38 heavy (non-hydrogen) atoms. The second-order valence-electron chi connectivity index (χ2n) is 10.0. The smallest absolute Gasteiger partial charge is 0.255 e. The molecule has 0 unspecified atom stereocenters. The number of β-amino-alcohol motifs (C(OH)–C–C–N with tert-alkyl or cyclic N) is 1. The van der Waals surface area contributed by atoms with Crippen LogP contribution in [0.2, 0.25) is 0 Å². The second-order valence-corrected chi connectivity index (χ2v) is 10.0. The van der Waals surface area contributed by atoms with Crippen LogP contribution in [0.1, 0.15) is 29.6 Å². The second kappa shape index (κ2) is 9.92. The lowest BCUT2D eigenvalue weighted by Gasteiger charge is -2.35. The largest absolute Gasteiger partial charge is 0.390 e. The molecule has 3 aromatic carbocycles. The number of fused-ring (bicyclic) bond motifs is 1. The van der Waals surface area contributed by atoms with Gasteiger partial charge in [0, 0.05) is 47.0 Å². The summed E-state index contributed by atoms with van der Waals surface area (Å²) in [5.74, 6) is 0.00814. The van der Waals surface area contributed by atoms with Crippen molar-refractivity contribution in [2.45, 2.75) is 31.5 Å². The lowest BCUT2D eigenvalue weighted by atomic mass is 10.0. The number of hydrogen-bond donors (Lipinski definition) is 4. The molecule has 2 aliphatic rings. The van der Waals surface area contributed by atoms with Gasteiger partial charge in [0.25, 0.3) is 5.91 Å². The number of aliphatic hydroxyl groups excluding tert-OH is 2. The van der Waals surface area contributed by atoms with Gasteiger partial charge in [0.1, 0.15) is 0 Å². The Kier molecular flexibility index (Phi) is 6.30. The van der Waals surface area contributed by atoms with Crippen LogP contribution in [0.4, 0.5) is 17.1 Å². The van der Waals surface area contributed by atoms with Crippen molar-refractivity contribution in [2.24, 2.45) is 5.92 Å². The van der Waals surface area contributed by atoms with Crippen molar-refractivity contribution in [3.05, 3.63) is 78.5 Å². The Morgan fingerprint density at radius 3 is 2.24 bits per heavy atom. The van der Waals surface area contributed by atoms with Crippen LogP contribution in [0.3, 0.4) is 0 Å². The summed E-state index contributed by atoms with van der Waals surface area (Å²) in [6.07, 6.45) is 2.75. The Hall–Kier alpha value is -4.21. The Morgan fingerprint density at radius 2 is 1.53 bits per heavy atom. The molecule has 4 aromatic rings. The maximum absolute atomic E-state index is 12.8. The number of rotatable bonds is 6. The zero-order valence-corrected chi connectivity index (χ0v) is 20.7. The fourth-order valence-electron chi connectivity index (χ4n) is 4.77. The zero-order chi connectivity index (χ0) is 26.2. The fraction of sp³-hybridized carbons (Fsp3) is 0.276. The molecule has 194 valence electrons. The summed E-state index contributed by atoms with van der Waals surface area (Å²) < 4.78 is 1.82. The number of carbonyl (C=O) groups is 2. The van der Waals surface area contributed by atoms with E-state index in [0.717, 1.165) is 40.8 Å². The molecule has 4 N–H and O–H groups in total. The number of hydrogen-bond acceptors (Lipinski definition) is 6. The number of piperidine rings is 1. The first kappa shape index (κ1) is 24.1. The van der Waals surface area contributed by atoms with E-state index in [2.05, 4.69) is 15.7 Å². The van der Waals surface area contributed by atoms with Crippen molar-refractivity contribution in [3.8, 4) is 5.69 Å². The molecule has 1 aromatic heterocycles. The lowest BCUT2D eigenvalue weighted by molar-refractivity contribution is -0.117. The van der Waals surface area contributed by atoms with Crippen molar-refractivity contribution < 1.29 is 19.8 Å². The van der Waals surface area contributed by atoms with Gasteiger partial charge in [0.15, 0.2) is 0 Å². The van der Waals surface area contributed by atoms with E-state index in [1.54, 1.807) is 18.3 Å². The standard InChI is InChI=1S/C29H29N5O4/c35-26-13-14-33(17-27(26)36)23-8-3-19(4-9-23)28(37)31-21-5-10-24(11-6-21)34-25-12-7-22(15-20(25)16-30-34)32-29(38)18-1-2-18/h3-12,15-16,18,26-27,35-36H,1-2,13-14,17H2,(H,31,37)(H,32,38)/t26-,27+/m1/s1. The molecule has 1 aliphatic heterocycles. The van der Waals surface area contributed by atoms with Crippen molar-refractivity contribution >= 4 is 39.8 Å². The molecule has 0 spiro atoms. The van der Waals surface area contributed by atoms with Gasteiger partial charge < -0.3 is 25.7 Å². The number of amides is 2. The highest BCUT2D eigenvalue weighted by Gasteiger charge is 2.29. The molecule has 2 fully saturated rings. The van der Waals surface area contributed by atoms with Gasteiger partial charge in [-0.25, -0.2) is 4.68 Å². The highest BCUT2D eigenvalue weighted by atomic mass is 16.3. The Labute approximate surface area is 219 Å². The average Bonchev–Trinajstić information content (AvgIpc) is 3.71. The van der Waals surface area contributed by atoms with E-state index in [4.69, 9.17) is 0 Å². The molecule has 2 heterocycles. The third kappa shape index (κ3) is 4.98. The molecule has 1 saturated carbocycles. The highest BCUT2D eigenvalue weighted by molar-refractivity contribution is 6.04. The van der Waals surface area contributed by atoms with Crippen LogP contribution < -0.4 is 15.5 Å². The number of carbonyl (C=O) groups excluding carboxylic acids is 2. The Bertz CT molecular complexity index is 1480. The van der Waals surface area contributed by atoms with Gasteiger partial charge in [-0.05, 0) is 86.0 Å². The summed E-state index contributed by atoms with van der Waals surface area (Å²) in [4.78, 5) is 26.9. The van der Waals surface area contributed by atoms with Gasteiger partial charge >= 0.3 is 0 Å². The number of nitrogens with zero attached hydrogens (tertiary/aromatic N) is 3. The van der Waals surface area contributed by atoms with Gasteiger partial charge in [0.05, 0.1) is 29.6 Å². The van der Waals surface area contributed by atoms with Crippen LogP contribution in [0, 0.1) is 5.92 Å². The fourth-order valence-corrected chi connectivity index (χ4v) is 4.77. The van der Waals surface area contributed by atoms with Gasteiger partial charge in [0.2, 0.25) is 5.91 Å². The summed E-state index contributed by atoms with van der Waals surface area (Å²) in [6, 6.07) is 20.4. The third-order valence-corrected chi connectivity index (χ3v) is 7.19. The Balaban J connectivity index is 1.10. The monoisotopic (exact) mass is 511 g/mol. The van der Waals surface area contributed by atoms with Crippen LogP contribution in [0.15, 0.2) is 72.9 Å².